The number of hydrogen-bond acceptors (Lipinski definition) is 5. The Labute approximate surface area is 91.6 Å². The first kappa shape index (κ1) is 12.0. The Morgan fingerprint density at radius 2 is 2.25 bits per heavy atom. The van der Waals surface area contributed by atoms with Gasteiger partial charge in [-0.3, -0.25) is 4.79 Å². The molecule has 16 heavy (non-hydrogen) atoms. The molecule has 0 atom stereocenters. The summed E-state index contributed by atoms with van der Waals surface area (Å²) in [6.45, 7) is -0.0658. The van der Waals surface area contributed by atoms with Crippen molar-refractivity contribution in [1.82, 2.24) is 10.1 Å². The number of nitrogens with zero attached hydrogens (tertiary/aromatic N) is 2. The van der Waals surface area contributed by atoms with Gasteiger partial charge >= 0.3 is 12.1 Å². The van der Waals surface area contributed by atoms with Crippen LogP contribution in [0.1, 0.15) is 11.5 Å². The molecule has 0 aliphatic rings. The van der Waals surface area contributed by atoms with Gasteiger partial charge in [0.15, 0.2) is 12.4 Å². The minimum atomic E-state index is -0.995. The predicted molar refractivity (Wildman–Crippen MR) is 51.7 cm³/mol. The Hall–Kier alpha value is -2.05. The summed E-state index contributed by atoms with van der Waals surface area (Å²) in [6, 6.07) is 1.44. The summed E-state index contributed by atoms with van der Waals surface area (Å²) in [5, 5.41) is 12.0. The second-order valence-corrected chi connectivity index (χ2v) is 3.30. The van der Waals surface area contributed by atoms with Crippen molar-refractivity contribution in [3.05, 3.63) is 17.5 Å². The third-order valence-electron chi connectivity index (χ3n) is 1.64. The normalized spacial score (nSPS) is 9.88. The standard InChI is InChI=1S/C9H12N2O5/c1-11(2)9(14)15-5-7-3-6(10-16-7)4-8(12)13/h3H,4-5H2,1-2H3,(H,12,13). The molecule has 0 fully saturated rings. The highest BCUT2D eigenvalue weighted by atomic mass is 16.6. The van der Waals surface area contributed by atoms with Crippen LogP contribution in [0.5, 0.6) is 0 Å². The molecule has 0 aliphatic carbocycles. The lowest BCUT2D eigenvalue weighted by atomic mass is 10.3. The highest BCUT2D eigenvalue weighted by Gasteiger charge is 2.10. The number of carboxylic acid groups (broad SMARTS) is 1. The number of carbonyl (C=O) groups excluding carboxylic acids is 1. The van der Waals surface area contributed by atoms with Gasteiger partial charge in [0.2, 0.25) is 0 Å². The molecule has 1 amide bonds. The van der Waals surface area contributed by atoms with Gasteiger partial charge in [-0.25, -0.2) is 4.79 Å². The van der Waals surface area contributed by atoms with E-state index in [4.69, 9.17) is 14.4 Å². The zero-order valence-electron chi connectivity index (χ0n) is 8.97. The lowest BCUT2D eigenvalue weighted by Crippen LogP contribution is -2.22. The predicted octanol–water partition coefficient (Wildman–Crippen LogP) is 0.500. The molecule has 0 saturated carbocycles. The van der Waals surface area contributed by atoms with Gasteiger partial charge in [0.05, 0.1) is 12.1 Å². The molecule has 7 heteroatoms. The molecule has 0 aromatic carbocycles. The first-order valence-corrected chi connectivity index (χ1v) is 4.49. The van der Waals surface area contributed by atoms with Crippen LogP contribution >= 0.6 is 0 Å². The minimum Gasteiger partial charge on any atom is -0.481 e. The first-order chi connectivity index (χ1) is 7.49. The molecule has 88 valence electrons. The molecular formula is C9H12N2O5. The van der Waals surface area contributed by atoms with E-state index in [1.54, 1.807) is 14.1 Å². The van der Waals surface area contributed by atoms with E-state index in [1.165, 1.54) is 11.0 Å². The maximum absolute atomic E-state index is 11.0. The summed E-state index contributed by atoms with van der Waals surface area (Å²) >= 11 is 0. The maximum Gasteiger partial charge on any atom is 0.409 e. The molecule has 1 aromatic heterocycles. The number of carbonyl (C=O) groups is 2. The Morgan fingerprint density at radius 3 is 2.81 bits per heavy atom. The summed E-state index contributed by atoms with van der Waals surface area (Å²) in [6.07, 6.45) is -0.721. The van der Waals surface area contributed by atoms with E-state index >= 15 is 0 Å². The molecule has 0 aliphatic heterocycles. The Kier molecular flexibility index (Phi) is 3.87. The van der Waals surface area contributed by atoms with Crippen LogP contribution in [0.4, 0.5) is 4.79 Å². The third kappa shape index (κ3) is 3.60. The first-order valence-electron chi connectivity index (χ1n) is 4.49. The van der Waals surface area contributed by atoms with Crippen LogP contribution in [0.25, 0.3) is 0 Å². The molecular weight excluding hydrogens is 216 g/mol. The van der Waals surface area contributed by atoms with Crippen LogP contribution in [0.2, 0.25) is 0 Å². The van der Waals surface area contributed by atoms with Crippen molar-refractivity contribution in [2.24, 2.45) is 0 Å². The van der Waals surface area contributed by atoms with Crippen LogP contribution < -0.4 is 0 Å². The fourth-order valence-electron chi connectivity index (χ4n) is 0.924. The number of aliphatic carboxylic acids is 1. The average Bonchev–Trinajstić information content (AvgIpc) is 2.60. The van der Waals surface area contributed by atoms with Crippen molar-refractivity contribution in [1.29, 1.82) is 0 Å². The van der Waals surface area contributed by atoms with Gasteiger partial charge in [0.1, 0.15) is 0 Å². The van der Waals surface area contributed by atoms with Gasteiger partial charge < -0.3 is 19.3 Å². The molecule has 0 saturated heterocycles. The molecule has 0 spiro atoms. The Bertz CT molecular complexity index is 385. The maximum atomic E-state index is 11.0. The van der Waals surface area contributed by atoms with Crippen molar-refractivity contribution >= 4 is 12.1 Å². The van der Waals surface area contributed by atoms with Crippen LogP contribution in [0.15, 0.2) is 10.6 Å². The number of rotatable bonds is 4. The fraction of sp³-hybridized carbons (Fsp3) is 0.444. The van der Waals surface area contributed by atoms with E-state index in [1.807, 2.05) is 0 Å². The number of ether oxygens (including phenoxy) is 1. The van der Waals surface area contributed by atoms with E-state index in [0.29, 0.717) is 11.5 Å². The van der Waals surface area contributed by atoms with Crippen LogP contribution in [-0.2, 0) is 22.6 Å². The molecule has 1 heterocycles. The monoisotopic (exact) mass is 228 g/mol. The fourth-order valence-corrected chi connectivity index (χ4v) is 0.924. The highest BCUT2D eigenvalue weighted by molar-refractivity contribution is 5.69. The van der Waals surface area contributed by atoms with Gasteiger partial charge in [-0.05, 0) is 0 Å². The molecule has 1 rings (SSSR count). The van der Waals surface area contributed by atoms with Crippen molar-refractivity contribution in [2.75, 3.05) is 14.1 Å². The lowest BCUT2D eigenvalue weighted by Gasteiger charge is -2.08. The molecule has 0 bridgehead atoms. The van der Waals surface area contributed by atoms with Gasteiger partial charge in [-0.1, -0.05) is 5.16 Å². The van der Waals surface area contributed by atoms with Gasteiger partial charge in [-0.15, -0.1) is 0 Å². The van der Waals surface area contributed by atoms with Crippen molar-refractivity contribution in [3.8, 4) is 0 Å². The molecule has 0 radical (unpaired) electrons. The lowest BCUT2D eigenvalue weighted by molar-refractivity contribution is -0.136. The Balaban J connectivity index is 2.46. The van der Waals surface area contributed by atoms with Gasteiger partial charge in [0.25, 0.3) is 0 Å². The zero-order valence-corrected chi connectivity index (χ0v) is 8.97. The topological polar surface area (TPSA) is 92.9 Å². The largest absolute Gasteiger partial charge is 0.481 e. The summed E-state index contributed by atoms with van der Waals surface area (Å²) in [5.74, 6) is -0.684. The minimum absolute atomic E-state index is 0.0658. The summed E-state index contributed by atoms with van der Waals surface area (Å²) < 4.78 is 9.60. The molecule has 1 N–H and O–H groups in total. The van der Waals surface area contributed by atoms with E-state index in [-0.39, 0.29) is 13.0 Å². The van der Waals surface area contributed by atoms with Crippen molar-refractivity contribution in [2.45, 2.75) is 13.0 Å². The third-order valence-corrected chi connectivity index (χ3v) is 1.64. The molecule has 0 unspecified atom stereocenters. The summed E-state index contributed by atoms with van der Waals surface area (Å²) in [4.78, 5) is 22.7. The van der Waals surface area contributed by atoms with Gasteiger partial charge in [0, 0.05) is 20.2 Å². The van der Waals surface area contributed by atoms with Crippen molar-refractivity contribution < 1.29 is 24.0 Å². The highest BCUT2D eigenvalue weighted by Crippen LogP contribution is 2.06. The summed E-state index contributed by atoms with van der Waals surface area (Å²) in [5.41, 5.74) is 0.295. The van der Waals surface area contributed by atoms with Crippen LogP contribution in [-0.4, -0.2) is 41.3 Å². The zero-order chi connectivity index (χ0) is 12.1. The second-order valence-electron chi connectivity index (χ2n) is 3.30. The van der Waals surface area contributed by atoms with E-state index in [2.05, 4.69) is 5.16 Å². The number of carboxylic acids is 1. The second kappa shape index (κ2) is 5.15. The SMILES string of the molecule is CN(C)C(=O)OCc1cc(CC(=O)O)no1. The molecule has 7 nitrogen and oxygen atoms in total. The summed E-state index contributed by atoms with van der Waals surface area (Å²) in [7, 11) is 3.11. The molecule has 1 aromatic rings. The van der Waals surface area contributed by atoms with Crippen molar-refractivity contribution in [3.63, 3.8) is 0 Å². The van der Waals surface area contributed by atoms with E-state index in [0.717, 1.165) is 0 Å². The number of amides is 1. The smallest absolute Gasteiger partial charge is 0.409 e. The number of hydrogen-bond donors (Lipinski definition) is 1. The van der Waals surface area contributed by atoms with Gasteiger partial charge in [-0.2, -0.15) is 0 Å². The average molecular weight is 228 g/mol. The van der Waals surface area contributed by atoms with Crippen LogP contribution in [0, 0.1) is 0 Å². The quantitative estimate of drug-likeness (QED) is 0.806. The number of aromatic nitrogens is 1. The van der Waals surface area contributed by atoms with Crippen LogP contribution in [0.3, 0.4) is 0 Å². The Morgan fingerprint density at radius 1 is 1.56 bits per heavy atom. The van der Waals surface area contributed by atoms with E-state index in [9.17, 15) is 9.59 Å². The van der Waals surface area contributed by atoms with E-state index < -0.39 is 12.1 Å².